The molecule has 0 unspecified atom stereocenters. The summed E-state index contributed by atoms with van der Waals surface area (Å²) in [6.45, 7) is 0. The molecule has 5 nitrogen and oxygen atoms in total. The molecule has 0 saturated carbocycles. The first-order valence-electron chi connectivity index (χ1n) is 6.89. The first kappa shape index (κ1) is 15.7. The van der Waals surface area contributed by atoms with Crippen LogP contribution in [0.15, 0.2) is 54.9 Å². The molecule has 122 valence electrons. The molecule has 8 heteroatoms. The van der Waals surface area contributed by atoms with E-state index in [1.165, 1.54) is 0 Å². The third kappa shape index (κ3) is 3.12. The number of amides is 1. The van der Waals surface area contributed by atoms with Crippen LogP contribution in [-0.4, -0.2) is 21.1 Å². The fraction of sp³-hybridized carbons (Fsp3) is 0.0625. The number of hydrogen-bond donors (Lipinski definition) is 2. The summed E-state index contributed by atoms with van der Waals surface area (Å²) in [4.78, 5) is 16.4. The van der Waals surface area contributed by atoms with Gasteiger partial charge in [-0.3, -0.25) is 14.9 Å². The van der Waals surface area contributed by atoms with Crippen LogP contribution in [0.3, 0.4) is 0 Å². The van der Waals surface area contributed by atoms with Gasteiger partial charge in [0.2, 0.25) is 0 Å². The molecule has 2 N–H and O–H groups in total. The van der Waals surface area contributed by atoms with E-state index in [0.717, 1.165) is 6.20 Å². The number of nitrogens with zero attached hydrogens (tertiary/aromatic N) is 2. The molecule has 0 spiro atoms. The molecule has 0 saturated heterocycles. The Labute approximate surface area is 134 Å². The molecule has 0 aliphatic rings. The Kier molecular flexibility index (Phi) is 4.03. The predicted molar refractivity (Wildman–Crippen MR) is 81.2 cm³/mol. The van der Waals surface area contributed by atoms with Crippen molar-refractivity contribution < 1.29 is 18.0 Å². The van der Waals surface area contributed by atoms with Crippen molar-refractivity contribution in [2.75, 3.05) is 5.32 Å². The van der Waals surface area contributed by atoms with E-state index in [-0.39, 0.29) is 0 Å². The van der Waals surface area contributed by atoms with E-state index in [9.17, 15) is 18.0 Å². The molecule has 0 aliphatic carbocycles. The molecule has 24 heavy (non-hydrogen) atoms. The standard InChI is InChI=1S/C16H11F3N4O/c17-16(18,19)14-11(9-21-23-14)15(24)22-13-7-2-1-5-10(13)12-6-3-4-8-20-12/h1-9H,(H,21,23)(H,22,24). The summed E-state index contributed by atoms with van der Waals surface area (Å²) >= 11 is 0. The second-order valence-corrected chi connectivity index (χ2v) is 4.87. The van der Waals surface area contributed by atoms with Crippen molar-refractivity contribution in [3.05, 3.63) is 66.1 Å². The smallest absolute Gasteiger partial charge is 0.321 e. The topological polar surface area (TPSA) is 70.7 Å². The van der Waals surface area contributed by atoms with Gasteiger partial charge in [0.1, 0.15) is 0 Å². The van der Waals surface area contributed by atoms with Crippen LogP contribution in [0.2, 0.25) is 0 Å². The Bertz CT molecular complexity index is 859. The zero-order valence-corrected chi connectivity index (χ0v) is 12.1. The SMILES string of the molecule is O=C(Nc1ccccc1-c1ccccn1)c1cn[nH]c1C(F)(F)F. The van der Waals surface area contributed by atoms with Crippen LogP contribution in [0.4, 0.5) is 18.9 Å². The van der Waals surface area contributed by atoms with Gasteiger partial charge in [0.05, 0.1) is 23.1 Å². The lowest BCUT2D eigenvalue weighted by atomic mass is 10.1. The van der Waals surface area contributed by atoms with Gasteiger partial charge >= 0.3 is 6.18 Å². The van der Waals surface area contributed by atoms with Crippen LogP contribution in [0, 0.1) is 0 Å². The van der Waals surface area contributed by atoms with E-state index in [2.05, 4.69) is 15.4 Å². The highest BCUT2D eigenvalue weighted by Gasteiger charge is 2.37. The fourth-order valence-corrected chi connectivity index (χ4v) is 2.20. The molecule has 0 fully saturated rings. The van der Waals surface area contributed by atoms with E-state index in [1.54, 1.807) is 48.7 Å². The van der Waals surface area contributed by atoms with Gasteiger partial charge in [-0.25, -0.2) is 0 Å². The third-order valence-electron chi connectivity index (χ3n) is 3.28. The summed E-state index contributed by atoms with van der Waals surface area (Å²) < 4.78 is 38.6. The van der Waals surface area contributed by atoms with Gasteiger partial charge in [-0.1, -0.05) is 24.3 Å². The number of alkyl halides is 3. The average molecular weight is 332 g/mol. The number of aromatic nitrogens is 3. The highest BCUT2D eigenvalue weighted by atomic mass is 19.4. The fourth-order valence-electron chi connectivity index (χ4n) is 2.20. The number of rotatable bonds is 3. The predicted octanol–water partition coefficient (Wildman–Crippen LogP) is 3.74. The van der Waals surface area contributed by atoms with E-state index in [0.29, 0.717) is 16.9 Å². The number of para-hydroxylation sites is 1. The quantitative estimate of drug-likeness (QED) is 0.767. The van der Waals surface area contributed by atoms with Crippen LogP contribution in [0.1, 0.15) is 16.1 Å². The Hall–Kier alpha value is -3.16. The number of halogens is 3. The molecule has 0 bridgehead atoms. The van der Waals surface area contributed by atoms with Crippen molar-refractivity contribution in [3.63, 3.8) is 0 Å². The molecule has 0 radical (unpaired) electrons. The lowest BCUT2D eigenvalue weighted by Gasteiger charge is -2.11. The number of nitrogens with one attached hydrogen (secondary N) is 2. The van der Waals surface area contributed by atoms with E-state index in [4.69, 9.17) is 0 Å². The number of hydrogen-bond acceptors (Lipinski definition) is 3. The van der Waals surface area contributed by atoms with Gasteiger partial charge < -0.3 is 5.32 Å². The highest BCUT2D eigenvalue weighted by molar-refractivity contribution is 6.06. The third-order valence-corrected chi connectivity index (χ3v) is 3.28. The molecular weight excluding hydrogens is 321 g/mol. The number of carbonyl (C=O) groups excluding carboxylic acids is 1. The van der Waals surface area contributed by atoms with Crippen LogP contribution in [0.25, 0.3) is 11.3 Å². The van der Waals surface area contributed by atoms with E-state index < -0.39 is 23.3 Å². The summed E-state index contributed by atoms with van der Waals surface area (Å²) in [7, 11) is 0. The summed E-state index contributed by atoms with van der Waals surface area (Å²) in [6, 6.07) is 12.0. The highest BCUT2D eigenvalue weighted by Crippen LogP contribution is 2.31. The van der Waals surface area contributed by atoms with Gasteiger partial charge in [0.25, 0.3) is 5.91 Å². The van der Waals surface area contributed by atoms with Crippen molar-refractivity contribution in [2.45, 2.75) is 6.18 Å². The minimum Gasteiger partial charge on any atom is -0.321 e. The molecule has 3 aromatic rings. The first-order chi connectivity index (χ1) is 11.5. The van der Waals surface area contributed by atoms with Crippen molar-refractivity contribution in [1.82, 2.24) is 15.2 Å². The Morgan fingerprint density at radius 2 is 1.83 bits per heavy atom. The number of pyridine rings is 1. The maximum absolute atomic E-state index is 12.9. The lowest BCUT2D eigenvalue weighted by Crippen LogP contribution is -2.18. The molecule has 0 aliphatic heterocycles. The summed E-state index contributed by atoms with van der Waals surface area (Å²) in [5, 5.41) is 7.61. The minimum absolute atomic E-state index is 0.357. The maximum atomic E-state index is 12.9. The summed E-state index contributed by atoms with van der Waals surface area (Å²) in [5.74, 6) is -0.903. The summed E-state index contributed by atoms with van der Waals surface area (Å²) in [6.07, 6.45) is -2.25. The molecular formula is C16H11F3N4O. The monoisotopic (exact) mass is 332 g/mol. The first-order valence-corrected chi connectivity index (χ1v) is 6.89. The number of H-pyrrole nitrogens is 1. The molecule has 2 heterocycles. The second kappa shape index (κ2) is 6.15. The van der Waals surface area contributed by atoms with Crippen molar-refractivity contribution in [3.8, 4) is 11.3 Å². The van der Waals surface area contributed by atoms with Crippen LogP contribution in [-0.2, 0) is 6.18 Å². The van der Waals surface area contributed by atoms with Crippen molar-refractivity contribution in [1.29, 1.82) is 0 Å². The normalized spacial score (nSPS) is 11.3. The number of aromatic amines is 1. The largest absolute Gasteiger partial charge is 0.433 e. The molecule has 1 amide bonds. The van der Waals surface area contributed by atoms with E-state index in [1.807, 2.05) is 5.10 Å². The average Bonchev–Trinajstić information content (AvgIpc) is 3.06. The van der Waals surface area contributed by atoms with Gasteiger partial charge in [-0.2, -0.15) is 18.3 Å². The molecule has 0 atom stereocenters. The summed E-state index contributed by atoms with van der Waals surface area (Å²) in [5.41, 5.74) is -0.204. The van der Waals surface area contributed by atoms with Crippen molar-refractivity contribution >= 4 is 11.6 Å². The van der Waals surface area contributed by atoms with Gasteiger partial charge in [-0.15, -0.1) is 0 Å². The van der Waals surface area contributed by atoms with Crippen LogP contribution in [0.5, 0.6) is 0 Å². The zero-order valence-electron chi connectivity index (χ0n) is 12.1. The van der Waals surface area contributed by atoms with Gasteiger partial charge in [0.15, 0.2) is 5.69 Å². The zero-order chi connectivity index (χ0) is 17.2. The van der Waals surface area contributed by atoms with Crippen LogP contribution >= 0.6 is 0 Å². The second-order valence-electron chi connectivity index (χ2n) is 4.87. The molecule has 2 aromatic heterocycles. The minimum atomic E-state index is -4.69. The van der Waals surface area contributed by atoms with Crippen molar-refractivity contribution in [2.24, 2.45) is 0 Å². The Balaban J connectivity index is 1.93. The number of carbonyl (C=O) groups is 1. The van der Waals surface area contributed by atoms with Crippen LogP contribution < -0.4 is 5.32 Å². The van der Waals surface area contributed by atoms with Gasteiger partial charge in [0, 0.05) is 11.8 Å². The Morgan fingerprint density at radius 1 is 1.08 bits per heavy atom. The number of anilines is 1. The molecule has 1 aromatic carbocycles. The maximum Gasteiger partial charge on any atom is 0.433 e. The molecule has 3 rings (SSSR count). The van der Waals surface area contributed by atoms with E-state index >= 15 is 0 Å². The lowest BCUT2D eigenvalue weighted by molar-refractivity contribution is -0.141. The van der Waals surface area contributed by atoms with Gasteiger partial charge in [-0.05, 0) is 18.2 Å². The number of benzene rings is 1. The Morgan fingerprint density at radius 3 is 2.54 bits per heavy atom.